The van der Waals surface area contributed by atoms with Crippen LogP contribution in [-0.4, -0.2) is 101 Å². The molecule has 9 N–H and O–H groups in total. The SMILES string of the molecule is NC(N)=NCCCCC(=O)NCCN1CCC(NC(=O)C(=O)Nc2ccc(Cl)cc2)CC12CCCCC2.O=C(O)C(F)(F)F.O=C(O)C(F)(F)F. The molecule has 0 radical (unpaired) electrons. The van der Waals surface area contributed by atoms with Gasteiger partial charge in [0.2, 0.25) is 5.91 Å². The van der Waals surface area contributed by atoms with E-state index in [1.54, 1.807) is 24.3 Å². The maximum absolute atomic E-state index is 12.6. The van der Waals surface area contributed by atoms with Crippen LogP contribution in [0.2, 0.25) is 5.02 Å². The van der Waals surface area contributed by atoms with Crippen molar-refractivity contribution in [3.8, 4) is 0 Å². The minimum atomic E-state index is -5.08. The van der Waals surface area contributed by atoms with Gasteiger partial charge in [0.15, 0.2) is 5.96 Å². The highest BCUT2D eigenvalue weighted by molar-refractivity contribution is 6.39. The number of rotatable bonds is 10. The molecule has 14 nitrogen and oxygen atoms in total. The van der Waals surface area contributed by atoms with E-state index in [1.807, 2.05) is 0 Å². The summed E-state index contributed by atoms with van der Waals surface area (Å²) >= 11 is 5.88. The number of unbranched alkanes of at least 4 members (excludes halogenated alkanes) is 1. The van der Waals surface area contributed by atoms with Crippen LogP contribution in [0.15, 0.2) is 29.3 Å². The largest absolute Gasteiger partial charge is 0.490 e. The van der Waals surface area contributed by atoms with Crippen molar-refractivity contribution in [2.24, 2.45) is 16.5 Å². The maximum atomic E-state index is 12.6. The van der Waals surface area contributed by atoms with Gasteiger partial charge in [-0.25, -0.2) is 9.59 Å². The first-order valence-electron chi connectivity index (χ1n) is 15.7. The molecule has 51 heavy (non-hydrogen) atoms. The first-order valence-corrected chi connectivity index (χ1v) is 16.1. The molecule has 3 rings (SSSR count). The van der Waals surface area contributed by atoms with Gasteiger partial charge in [0, 0.05) is 54.9 Å². The number of halogens is 7. The molecule has 288 valence electrons. The van der Waals surface area contributed by atoms with E-state index in [1.165, 1.54) is 6.42 Å². The summed E-state index contributed by atoms with van der Waals surface area (Å²) in [6, 6.07) is 6.59. The maximum Gasteiger partial charge on any atom is 0.490 e. The molecule has 2 fully saturated rings. The molecule has 0 bridgehead atoms. The minimum absolute atomic E-state index is 0.00795. The van der Waals surface area contributed by atoms with Crippen molar-refractivity contribution in [3.05, 3.63) is 29.3 Å². The molecule has 1 spiro atoms. The molecule has 1 unspecified atom stereocenters. The number of hydrogen-bond donors (Lipinski definition) is 7. The zero-order chi connectivity index (χ0) is 38.8. The number of aliphatic imine (C=N–C) groups is 1. The Balaban J connectivity index is 0.000000780. The monoisotopic (exact) mass is 761 g/mol. The highest BCUT2D eigenvalue weighted by atomic mass is 35.5. The van der Waals surface area contributed by atoms with Crippen molar-refractivity contribution >= 4 is 52.9 Å². The highest BCUT2D eigenvalue weighted by Gasteiger charge is 2.43. The van der Waals surface area contributed by atoms with Crippen LogP contribution in [0, 0.1) is 0 Å². The van der Waals surface area contributed by atoms with Gasteiger partial charge in [-0.2, -0.15) is 26.3 Å². The van der Waals surface area contributed by atoms with Gasteiger partial charge < -0.3 is 37.6 Å². The van der Waals surface area contributed by atoms with Gasteiger partial charge in [-0.05, 0) is 62.8 Å². The van der Waals surface area contributed by atoms with Crippen molar-refractivity contribution in [1.29, 1.82) is 0 Å². The zero-order valence-electron chi connectivity index (χ0n) is 27.4. The Bertz CT molecular complexity index is 1310. The summed E-state index contributed by atoms with van der Waals surface area (Å²) in [5, 5.41) is 23.4. The average Bonchev–Trinajstić information content (AvgIpc) is 3.03. The van der Waals surface area contributed by atoms with Crippen LogP contribution >= 0.6 is 11.6 Å². The predicted molar refractivity (Wildman–Crippen MR) is 174 cm³/mol. The number of carbonyl (C=O) groups is 5. The van der Waals surface area contributed by atoms with Crippen molar-refractivity contribution < 1.29 is 60.5 Å². The van der Waals surface area contributed by atoms with Crippen molar-refractivity contribution in [2.45, 2.75) is 88.1 Å². The Morgan fingerprint density at radius 3 is 1.96 bits per heavy atom. The molecule has 3 amide bonds. The third-order valence-electron chi connectivity index (χ3n) is 7.77. The molecule has 1 heterocycles. The van der Waals surface area contributed by atoms with Gasteiger partial charge in [0.1, 0.15) is 0 Å². The summed E-state index contributed by atoms with van der Waals surface area (Å²) in [6.07, 6.45) is -0.984. The third-order valence-corrected chi connectivity index (χ3v) is 8.02. The number of benzene rings is 1. The summed E-state index contributed by atoms with van der Waals surface area (Å²) in [7, 11) is 0. The van der Waals surface area contributed by atoms with Crippen LogP contribution in [0.1, 0.15) is 64.2 Å². The molecule has 1 saturated heterocycles. The number of nitrogens with two attached hydrogens (primary N) is 2. The molecule has 1 aliphatic heterocycles. The van der Waals surface area contributed by atoms with E-state index in [4.69, 9.17) is 42.9 Å². The average molecular weight is 762 g/mol. The van der Waals surface area contributed by atoms with Crippen LogP contribution in [-0.2, 0) is 24.0 Å². The van der Waals surface area contributed by atoms with Gasteiger partial charge >= 0.3 is 36.1 Å². The van der Waals surface area contributed by atoms with Gasteiger partial charge in [0.05, 0.1) is 0 Å². The number of amides is 3. The van der Waals surface area contributed by atoms with E-state index < -0.39 is 36.1 Å². The molecule has 1 aromatic carbocycles. The van der Waals surface area contributed by atoms with E-state index >= 15 is 0 Å². The third kappa shape index (κ3) is 17.9. The molecule has 2 aliphatic rings. The Labute approximate surface area is 294 Å². The van der Waals surface area contributed by atoms with E-state index in [-0.39, 0.29) is 23.4 Å². The molecule has 0 aromatic heterocycles. The first kappa shape index (κ1) is 44.7. The summed E-state index contributed by atoms with van der Waals surface area (Å²) < 4.78 is 63.5. The lowest BCUT2D eigenvalue weighted by Crippen LogP contribution is -2.60. The lowest BCUT2D eigenvalue weighted by Gasteiger charge is -2.52. The quantitative estimate of drug-likeness (QED) is 0.0604. The summed E-state index contributed by atoms with van der Waals surface area (Å²) in [6.45, 7) is 2.72. The fourth-order valence-electron chi connectivity index (χ4n) is 5.44. The second kappa shape index (κ2) is 21.1. The van der Waals surface area contributed by atoms with Crippen LogP contribution in [0.25, 0.3) is 0 Å². The van der Waals surface area contributed by atoms with Crippen LogP contribution in [0.5, 0.6) is 0 Å². The number of aliphatic carboxylic acids is 2. The van der Waals surface area contributed by atoms with Gasteiger partial charge in [-0.15, -0.1) is 0 Å². The zero-order valence-corrected chi connectivity index (χ0v) is 28.2. The summed E-state index contributed by atoms with van der Waals surface area (Å²) in [5.41, 5.74) is 11.1. The molecular formula is C30H42ClF6N7O7. The number of carbonyl (C=O) groups excluding carboxylic acids is 3. The van der Waals surface area contributed by atoms with Gasteiger partial charge in [-0.3, -0.25) is 24.3 Å². The number of likely N-dealkylation sites (tertiary alicyclic amines) is 1. The Kier molecular flexibility index (Phi) is 18.5. The summed E-state index contributed by atoms with van der Waals surface area (Å²) in [4.78, 5) is 61.5. The summed E-state index contributed by atoms with van der Waals surface area (Å²) in [5.74, 6) is -6.70. The van der Waals surface area contributed by atoms with Crippen molar-refractivity contribution in [2.75, 3.05) is 31.5 Å². The van der Waals surface area contributed by atoms with Crippen molar-refractivity contribution in [1.82, 2.24) is 15.5 Å². The minimum Gasteiger partial charge on any atom is -0.475 e. The lowest BCUT2D eigenvalue weighted by molar-refractivity contribution is -0.193. The van der Waals surface area contributed by atoms with Gasteiger partial charge in [0.25, 0.3) is 0 Å². The molecule has 1 aliphatic carbocycles. The van der Waals surface area contributed by atoms with Crippen LogP contribution < -0.4 is 27.4 Å². The Morgan fingerprint density at radius 1 is 0.902 bits per heavy atom. The fourth-order valence-corrected chi connectivity index (χ4v) is 5.56. The van der Waals surface area contributed by atoms with E-state index in [9.17, 15) is 40.7 Å². The topological polar surface area (TPSA) is 230 Å². The van der Waals surface area contributed by atoms with E-state index in [0.29, 0.717) is 30.2 Å². The van der Waals surface area contributed by atoms with Crippen LogP contribution in [0.3, 0.4) is 0 Å². The van der Waals surface area contributed by atoms with Gasteiger partial charge in [-0.1, -0.05) is 30.9 Å². The Morgan fingerprint density at radius 2 is 1.45 bits per heavy atom. The molecule has 1 atom stereocenters. The number of nitrogens with one attached hydrogen (secondary N) is 3. The molecular weight excluding hydrogens is 720 g/mol. The fraction of sp³-hybridized carbons (Fsp3) is 0.600. The molecule has 1 aromatic rings. The number of piperidine rings is 1. The smallest absolute Gasteiger partial charge is 0.475 e. The number of nitrogens with zero attached hydrogens (tertiary/aromatic N) is 2. The van der Waals surface area contributed by atoms with Crippen LogP contribution in [0.4, 0.5) is 32.0 Å². The number of carboxylic acid groups (broad SMARTS) is 2. The standard InChI is InChI=1S/C26H40ClN7O3.2C2HF3O2/c27-19-7-9-20(10-8-19)32-23(36)24(37)33-21-11-16-34(26(18-21)12-3-1-4-13-26)17-15-30-22(35)6-2-5-14-31-25(28)29;2*3-2(4,5)1(6)7/h7-10,21H,1-6,11-18H2,(H,30,35)(H,32,36)(H,33,37)(H4,28,29,31);2*(H,6,7). The van der Waals surface area contributed by atoms with E-state index in [0.717, 1.165) is 64.5 Å². The first-order chi connectivity index (χ1) is 23.7. The number of guanidine groups is 1. The lowest BCUT2D eigenvalue weighted by atomic mass is 9.73. The normalized spacial score (nSPS) is 17.0. The second-order valence-electron chi connectivity index (χ2n) is 11.6. The Hall–Kier alpha value is -4.33. The molecule has 1 saturated carbocycles. The highest BCUT2D eigenvalue weighted by Crippen LogP contribution is 2.40. The number of alkyl halides is 6. The number of carboxylic acids is 2. The molecule has 21 heteroatoms. The predicted octanol–water partition coefficient (Wildman–Crippen LogP) is 3.39. The number of hydrogen-bond acceptors (Lipinski definition) is 7. The van der Waals surface area contributed by atoms with Crippen molar-refractivity contribution in [3.63, 3.8) is 0 Å². The second-order valence-corrected chi connectivity index (χ2v) is 12.1. The van der Waals surface area contributed by atoms with E-state index in [2.05, 4.69) is 25.8 Å². The number of anilines is 1.